The lowest BCUT2D eigenvalue weighted by Crippen LogP contribution is -3.28. The van der Waals surface area contributed by atoms with Crippen molar-refractivity contribution in [2.45, 2.75) is 19.4 Å². The van der Waals surface area contributed by atoms with Gasteiger partial charge < -0.3 is 14.7 Å². The highest BCUT2D eigenvalue weighted by Crippen LogP contribution is 2.26. The predicted molar refractivity (Wildman–Crippen MR) is 103 cm³/mol. The van der Waals surface area contributed by atoms with Gasteiger partial charge in [-0.1, -0.05) is 36.4 Å². The molecule has 2 aliphatic heterocycles. The van der Waals surface area contributed by atoms with Gasteiger partial charge in [-0.15, -0.1) is 0 Å². The number of nitrogens with zero attached hydrogens (tertiary/aromatic N) is 1. The van der Waals surface area contributed by atoms with Crippen molar-refractivity contribution in [2.75, 3.05) is 44.2 Å². The molecule has 0 radical (unpaired) electrons. The fraction of sp³-hybridized carbons (Fsp3) is 0.409. The molecule has 2 heterocycles. The second-order valence-electron chi connectivity index (χ2n) is 7.72. The van der Waals surface area contributed by atoms with E-state index >= 15 is 0 Å². The number of carbonyl (C=O) groups is 1. The quantitative estimate of drug-likeness (QED) is 0.786. The number of benzene rings is 2. The number of amides is 1. The van der Waals surface area contributed by atoms with Crippen LogP contribution in [0.1, 0.15) is 17.5 Å². The number of halogens is 1. The third-order valence-corrected chi connectivity index (χ3v) is 5.88. The van der Waals surface area contributed by atoms with Crippen LogP contribution in [0.4, 0.5) is 10.1 Å². The maximum absolute atomic E-state index is 13.9. The van der Waals surface area contributed by atoms with Gasteiger partial charge in [0.2, 0.25) is 0 Å². The first-order valence-electron chi connectivity index (χ1n) is 9.99. The van der Waals surface area contributed by atoms with Crippen LogP contribution in [-0.4, -0.2) is 45.2 Å². The first kappa shape index (κ1) is 18.1. The number of quaternary nitrogens is 2. The summed E-state index contributed by atoms with van der Waals surface area (Å²) in [5, 5.41) is 0. The molecular formula is C22H28FN3O+2. The third-order valence-electron chi connectivity index (χ3n) is 5.88. The predicted octanol–water partition coefficient (Wildman–Crippen LogP) is 0.0885. The molecule has 27 heavy (non-hydrogen) atoms. The Morgan fingerprint density at radius 2 is 1.67 bits per heavy atom. The van der Waals surface area contributed by atoms with Crippen LogP contribution in [0.3, 0.4) is 0 Å². The van der Waals surface area contributed by atoms with E-state index in [0.717, 1.165) is 63.4 Å². The van der Waals surface area contributed by atoms with Crippen molar-refractivity contribution in [3.63, 3.8) is 0 Å². The van der Waals surface area contributed by atoms with Crippen LogP contribution in [-0.2, 0) is 17.8 Å². The Bertz CT molecular complexity index is 802. The van der Waals surface area contributed by atoms with Crippen molar-refractivity contribution in [1.82, 2.24) is 0 Å². The highest BCUT2D eigenvalue weighted by Gasteiger charge is 2.29. The summed E-state index contributed by atoms with van der Waals surface area (Å²) in [4.78, 5) is 17.6. The van der Waals surface area contributed by atoms with Gasteiger partial charge in [0.1, 0.15) is 38.5 Å². The Morgan fingerprint density at radius 3 is 2.48 bits per heavy atom. The van der Waals surface area contributed by atoms with Gasteiger partial charge in [-0.2, -0.15) is 0 Å². The van der Waals surface area contributed by atoms with E-state index in [2.05, 4.69) is 18.2 Å². The van der Waals surface area contributed by atoms with Crippen molar-refractivity contribution in [1.29, 1.82) is 0 Å². The van der Waals surface area contributed by atoms with E-state index in [9.17, 15) is 9.18 Å². The molecule has 4 rings (SSSR count). The first-order valence-corrected chi connectivity index (χ1v) is 9.99. The van der Waals surface area contributed by atoms with Crippen LogP contribution in [0, 0.1) is 5.82 Å². The van der Waals surface area contributed by atoms with E-state index in [0.29, 0.717) is 6.54 Å². The summed E-state index contributed by atoms with van der Waals surface area (Å²) in [5.74, 6) is 0.119. The molecule has 1 amide bonds. The van der Waals surface area contributed by atoms with Gasteiger partial charge in [0.25, 0.3) is 5.91 Å². The second-order valence-corrected chi connectivity index (χ2v) is 7.72. The molecule has 2 aromatic rings. The second kappa shape index (κ2) is 8.19. The molecule has 0 aliphatic carbocycles. The van der Waals surface area contributed by atoms with Crippen LogP contribution in [0.15, 0.2) is 48.5 Å². The number of nitrogens with one attached hydrogen (secondary N) is 2. The zero-order valence-electron chi connectivity index (χ0n) is 15.7. The van der Waals surface area contributed by atoms with Crippen molar-refractivity contribution >= 4 is 11.6 Å². The lowest BCUT2D eigenvalue weighted by molar-refractivity contribution is -1.02. The minimum atomic E-state index is -0.112. The Balaban J connectivity index is 1.31. The SMILES string of the molecule is O=C(C[NH+]1CC[NH+](Cc2ccccc2F)CC1)N1CCCc2ccccc21. The number of fused-ring (bicyclic) bond motifs is 1. The highest BCUT2D eigenvalue weighted by atomic mass is 19.1. The van der Waals surface area contributed by atoms with Gasteiger partial charge in [0, 0.05) is 17.8 Å². The number of aryl methyl sites for hydroxylation is 1. The van der Waals surface area contributed by atoms with Gasteiger partial charge in [-0.25, -0.2) is 4.39 Å². The molecule has 2 N–H and O–H groups in total. The van der Waals surface area contributed by atoms with E-state index in [1.165, 1.54) is 21.4 Å². The lowest BCUT2D eigenvalue weighted by Gasteiger charge is -2.33. The van der Waals surface area contributed by atoms with Crippen LogP contribution in [0.2, 0.25) is 0 Å². The zero-order valence-corrected chi connectivity index (χ0v) is 15.7. The van der Waals surface area contributed by atoms with Gasteiger partial charge in [0.05, 0.1) is 0 Å². The minimum Gasteiger partial charge on any atom is -0.322 e. The van der Waals surface area contributed by atoms with Crippen molar-refractivity contribution in [2.24, 2.45) is 0 Å². The van der Waals surface area contributed by atoms with Crippen molar-refractivity contribution < 1.29 is 19.0 Å². The summed E-state index contributed by atoms with van der Waals surface area (Å²) in [5.41, 5.74) is 3.17. The number of hydrogen-bond donors (Lipinski definition) is 2. The van der Waals surface area contributed by atoms with E-state index in [1.807, 2.05) is 23.1 Å². The monoisotopic (exact) mass is 369 g/mol. The normalized spacial score (nSPS) is 22.3. The highest BCUT2D eigenvalue weighted by molar-refractivity contribution is 5.95. The fourth-order valence-corrected chi connectivity index (χ4v) is 4.32. The molecule has 1 fully saturated rings. The summed E-state index contributed by atoms with van der Waals surface area (Å²) in [7, 11) is 0. The molecule has 2 aromatic carbocycles. The molecule has 5 heteroatoms. The average molecular weight is 369 g/mol. The molecular weight excluding hydrogens is 341 g/mol. The number of carbonyl (C=O) groups excluding carboxylic acids is 1. The van der Waals surface area contributed by atoms with Crippen LogP contribution >= 0.6 is 0 Å². The summed E-state index contributed by atoms with van der Waals surface area (Å²) in [6.07, 6.45) is 2.10. The van der Waals surface area contributed by atoms with Crippen LogP contribution in [0.25, 0.3) is 0 Å². The third kappa shape index (κ3) is 4.20. The van der Waals surface area contributed by atoms with Crippen LogP contribution < -0.4 is 14.7 Å². The molecule has 0 bridgehead atoms. The standard InChI is InChI=1S/C22H26FN3O/c23-20-9-3-1-7-19(20)16-24-12-14-25(15-13-24)17-22(27)26-11-5-8-18-6-2-4-10-21(18)26/h1-4,6-7,9-10H,5,8,11-17H2/p+2. The van der Waals surface area contributed by atoms with E-state index < -0.39 is 0 Å². The fourth-order valence-electron chi connectivity index (χ4n) is 4.32. The van der Waals surface area contributed by atoms with Gasteiger partial charge >= 0.3 is 0 Å². The number of hydrogen-bond acceptors (Lipinski definition) is 1. The molecule has 2 aliphatic rings. The molecule has 0 spiro atoms. The number of piperazine rings is 1. The summed E-state index contributed by atoms with van der Waals surface area (Å²) in [6.45, 7) is 6.00. The summed E-state index contributed by atoms with van der Waals surface area (Å²) in [6, 6.07) is 15.3. The summed E-state index contributed by atoms with van der Waals surface area (Å²) < 4.78 is 13.9. The largest absolute Gasteiger partial charge is 0.322 e. The number of rotatable bonds is 4. The molecule has 0 atom stereocenters. The Kier molecular flexibility index (Phi) is 5.50. The molecule has 0 unspecified atom stereocenters. The zero-order chi connectivity index (χ0) is 18.6. The topological polar surface area (TPSA) is 29.2 Å². The molecule has 0 saturated carbocycles. The maximum atomic E-state index is 13.9. The Hall–Kier alpha value is -2.24. The number of anilines is 1. The van der Waals surface area contributed by atoms with Gasteiger partial charge in [0.15, 0.2) is 6.54 Å². The smallest absolute Gasteiger partial charge is 0.282 e. The summed E-state index contributed by atoms with van der Waals surface area (Å²) >= 11 is 0. The van der Waals surface area contributed by atoms with E-state index in [1.54, 1.807) is 6.07 Å². The maximum Gasteiger partial charge on any atom is 0.282 e. The van der Waals surface area contributed by atoms with E-state index in [4.69, 9.17) is 0 Å². The Labute approximate surface area is 160 Å². The van der Waals surface area contributed by atoms with E-state index in [-0.39, 0.29) is 11.7 Å². The van der Waals surface area contributed by atoms with Crippen molar-refractivity contribution in [3.8, 4) is 0 Å². The Morgan fingerprint density at radius 1 is 0.963 bits per heavy atom. The number of para-hydroxylation sites is 1. The lowest BCUT2D eigenvalue weighted by atomic mass is 10.0. The molecule has 4 nitrogen and oxygen atoms in total. The average Bonchev–Trinajstić information content (AvgIpc) is 2.70. The first-order chi connectivity index (χ1) is 13.2. The molecule has 1 saturated heterocycles. The van der Waals surface area contributed by atoms with Crippen molar-refractivity contribution in [3.05, 3.63) is 65.5 Å². The molecule has 142 valence electrons. The minimum absolute atomic E-state index is 0.112. The van der Waals surface area contributed by atoms with Gasteiger partial charge in [-0.3, -0.25) is 4.79 Å². The van der Waals surface area contributed by atoms with Crippen LogP contribution in [0.5, 0.6) is 0 Å². The molecule has 0 aromatic heterocycles. The van der Waals surface area contributed by atoms with Gasteiger partial charge in [-0.05, 0) is 30.5 Å².